The number of fused-ring (bicyclic) bond motifs is 2. The van der Waals surface area contributed by atoms with Crippen molar-refractivity contribution in [2.75, 3.05) is 13.2 Å². The molecule has 4 rings (SSSR count). The highest BCUT2D eigenvalue weighted by molar-refractivity contribution is 7.47. The molecule has 13 nitrogen and oxygen atoms in total. The first kappa shape index (κ1) is 24.7. The predicted octanol–water partition coefficient (Wildman–Crippen LogP) is -0.788. The number of imidazole rings is 1. The van der Waals surface area contributed by atoms with Crippen LogP contribution >= 0.6 is 16.1 Å². The van der Waals surface area contributed by atoms with Crippen molar-refractivity contribution in [3.05, 3.63) is 17.0 Å². The van der Waals surface area contributed by atoms with E-state index in [4.69, 9.17) is 39.0 Å². The van der Waals surface area contributed by atoms with Gasteiger partial charge in [-0.1, -0.05) is 6.58 Å². The number of ether oxygens (including phenoxy) is 2. The smallest absolute Gasteiger partial charge is 0.400 e. The Labute approximate surface area is 186 Å². The van der Waals surface area contributed by atoms with E-state index in [1.807, 2.05) is 0 Å². The number of hydrogen-bond acceptors (Lipinski definition) is 11. The number of rotatable bonds is 1. The lowest BCUT2D eigenvalue weighted by atomic mass is 10.1. The number of phosphoric ester groups is 1. The molecule has 1 aromatic heterocycles. The molecule has 0 saturated carbocycles. The molecule has 3 saturated heterocycles. The van der Waals surface area contributed by atoms with Gasteiger partial charge in [0.05, 0.1) is 18.3 Å². The first-order chi connectivity index (χ1) is 15.5. The van der Waals surface area contributed by atoms with Gasteiger partial charge in [-0.3, -0.25) is 9.05 Å². The van der Waals surface area contributed by atoms with Crippen LogP contribution in [0.1, 0.15) is 13.2 Å². The Morgan fingerprint density at radius 1 is 1.30 bits per heavy atom. The first-order valence-corrected chi connectivity index (χ1v) is 12.3. The number of nitrogens with zero attached hydrogens (tertiary/aromatic N) is 2. The standard InChI is InChI=1S/C16H22F2N4O9P2/c1-6(19)12-7(2)22(5-21-12)16-11(18)14-8(29-16)3-26-32(23)30-13-9(28-15(20)10(13)17)4-27-33(24,25)31-14/h5,8-11,13-16H,2-4,19-20H2,1H3/p+1/b12-6-/t8-,9-,10-,11-,13-,14-,15-,16-/m1/s1. The van der Waals surface area contributed by atoms with Gasteiger partial charge in [0.2, 0.25) is 0 Å². The molecule has 0 spiro atoms. The predicted molar refractivity (Wildman–Crippen MR) is 106 cm³/mol. The third-order valence-corrected chi connectivity index (χ3v) is 7.11. The van der Waals surface area contributed by atoms with Gasteiger partial charge >= 0.3 is 16.1 Å². The highest BCUT2D eigenvalue weighted by Crippen LogP contribution is 2.50. The van der Waals surface area contributed by atoms with E-state index in [1.54, 1.807) is 6.92 Å². The zero-order valence-electron chi connectivity index (χ0n) is 17.2. The van der Waals surface area contributed by atoms with E-state index in [0.717, 1.165) is 0 Å². The molecule has 1 aromatic rings. The molecule has 17 heteroatoms. The lowest BCUT2D eigenvalue weighted by Crippen LogP contribution is -2.38. The van der Waals surface area contributed by atoms with E-state index >= 15 is 4.39 Å². The summed E-state index contributed by atoms with van der Waals surface area (Å²) >= 11 is 0. The summed E-state index contributed by atoms with van der Waals surface area (Å²) in [7, 11) is -7.83. The number of halogens is 2. The van der Waals surface area contributed by atoms with Crippen LogP contribution in [0.3, 0.4) is 0 Å². The van der Waals surface area contributed by atoms with Crippen LogP contribution in [0.2, 0.25) is 0 Å². The van der Waals surface area contributed by atoms with Crippen molar-refractivity contribution >= 4 is 28.4 Å². The van der Waals surface area contributed by atoms with E-state index in [0.29, 0.717) is 11.0 Å². The van der Waals surface area contributed by atoms with E-state index in [1.165, 1.54) is 10.9 Å². The van der Waals surface area contributed by atoms with Gasteiger partial charge in [-0.25, -0.2) is 18.3 Å². The second-order valence-electron chi connectivity index (χ2n) is 7.65. The Morgan fingerprint density at radius 3 is 2.67 bits per heavy atom. The van der Waals surface area contributed by atoms with Crippen LogP contribution in [0, 0.1) is 0 Å². The van der Waals surface area contributed by atoms with E-state index in [9.17, 15) is 18.4 Å². The van der Waals surface area contributed by atoms with Crippen molar-refractivity contribution in [2.24, 2.45) is 11.5 Å². The molecule has 33 heavy (non-hydrogen) atoms. The van der Waals surface area contributed by atoms with Gasteiger partial charge in [0.1, 0.15) is 36.5 Å². The minimum atomic E-state index is -4.90. The van der Waals surface area contributed by atoms with Crippen LogP contribution in [0.4, 0.5) is 8.78 Å². The largest absolute Gasteiger partial charge is 0.697 e. The first-order valence-electron chi connectivity index (χ1n) is 9.74. The number of phosphoric acid groups is 1. The highest BCUT2D eigenvalue weighted by atomic mass is 31.2. The van der Waals surface area contributed by atoms with Crippen LogP contribution in [0.5, 0.6) is 0 Å². The van der Waals surface area contributed by atoms with E-state index < -0.39 is 78.5 Å². The van der Waals surface area contributed by atoms with Gasteiger partial charge in [-0.15, -0.1) is 9.05 Å². The molecular weight excluding hydrogens is 492 g/mol. The summed E-state index contributed by atoms with van der Waals surface area (Å²) in [6.45, 7) is 4.08. The molecule has 184 valence electrons. The average Bonchev–Trinajstić information content (AvgIpc) is 3.34. The van der Waals surface area contributed by atoms with Gasteiger partial charge in [0, 0.05) is 10.3 Å². The normalized spacial score (nSPS) is 44.5. The molecule has 2 unspecified atom stereocenters. The van der Waals surface area contributed by atoms with Crippen LogP contribution in [0.25, 0.3) is 12.3 Å². The molecule has 0 amide bonds. The second-order valence-corrected chi connectivity index (χ2v) is 9.97. The minimum absolute atomic E-state index is 0.231. The lowest BCUT2D eigenvalue weighted by molar-refractivity contribution is -0.0548. The summed E-state index contributed by atoms with van der Waals surface area (Å²) < 4.78 is 86.4. The summed E-state index contributed by atoms with van der Waals surface area (Å²) in [5.74, 6) is 0. The quantitative estimate of drug-likeness (QED) is 0.398. The summed E-state index contributed by atoms with van der Waals surface area (Å²) in [6, 6.07) is 0. The maximum atomic E-state index is 15.4. The van der Waals surface area contributed by atoms with Crippen LogP contribution in [0.15, 0.2) is 6.33 Å². The van der Waals surface area contributed by atoms with E-state index in [2.05, 4.69) is 11.6 Å². The van der Waals surface area contributed by atoms with Crippen LogP contribution < -0.4 is 22.2 Å². The van der Waals surface area contributed by atoms with Crippen molar-refractivity contribution in [1.29, 1.82) is 0 Å². The molecule has 3 fully saturated rings. The van der Waals surface area contributed by atoms with Gasteiger partial charge in [-0.2, -0.15) is 0 Å². The van der Waals surface area contributed by atoms with Crippen molar-refractivity contribution in [3.63, 3.8) is 0 Å². The average molecular weight is 515 g/mol. The molecule has 0 aliphatic carbocycles. The van der Waals surface area contributed by atoms with Crippen LogP contribution in [-0.2, 0) is 36.7 Å². The summed E-state index contributed by atoms with van der Waals surface area (Å²) in [6.07, 6.45) is -11.3. The van der Waals surface area contributed by atoms with E-state index in [-0.39, 0.29) is 5.35 Å². The van der Waals surface area contributed by atoms with Gasteiger partial charge in [0.15, 0.2) is 24.7 Å². The minimum Gasteiger partial charge on any atom is -0.400 e. The summed E-state index contributed by atoms with van der Waals surface area (Å²) in [5, 5.41) is 0.543. The third-order valence-electron chi connectivity index (χ3n) is 5.35. The fraction of sp³-hybridized carbons (Fsp3) is 0.688. The Kier molecular flexibility index (Phi) is 7.00. The molecule has 0 bridgehead atoms. The molecule has 5 N–H and O–H groups in total. The SMILES string of the molecule is C=c1/c(=C(\C)N)ncn1[C@@H]1O[C@@H]2CO[P+](=O)O[C@H]3[C@@H](F)[C@H](N)O[C@@H]3COP(=O)(O)O[C@H]2[C@H]1F. The lowest BCUT2D eigenvalue weighted by Gasteiger charge is -2.23. The Bertz CT molecular complexity index is 1070. The van der Waals surface area contributed by atoms with Gasteiger partial charge in [0.25, 0.3) is 0 Å². The van der Waals surface area contributed by atoms with Crippen LogP contribution in [-0.4, -0.2) is 70.6 Å². The number of aromatic nitrogens is 2. The molecule has 3 aliphatic heterocycles. The summed E-state index contributed by atoms with van der Waals surface area (Å²) in [4.78, 5) is 14.2. The fourth-order valence-electron chi connectivity index (χ4n) is 3.74. The third kappa shape index (κ3) is 4.89. The molecule has 0 radical (unpaired) electrons. The number of nitrogens with two attached hydrogens (primary N) is 2. The van der Waals surface area contributed by atoms with Crippen molar-refractivity contribution in [3.8, 4) is 0 Å². The zero-order chi connectivity index (χ0) is 24.1. The molecule has 3 aliphatic rings. The van der Waals surface area contributed by atoms with Crippen molar-refractivity contribution < 1.29 is 50.4 Å². The molecule has 0 aromatic carbocycles. The topological polar surface area (TPSA) is 180 Å². The Hall–Kier alpha value is -1.38. The fourth-order valence-corrected chi connectivity index (χ4v) is 5.47. The maximum Gasteiger partial charge on any atom is 0.697 e. The van der Waals surface area contributed by atoms with Crippen molar-refractivity contribution in [2.45, 2.75) is 56.1 Å². The number of alkyl halides is 2. The van der Waals surface area contributed by atoms with Gasteiger partial charge in [-0.05, 0) is 6.92 Å². The Balaban J connectivity index is 1.60. The summed E-state index contributed by atoms with van der Waals surface area (Å²) in [5.41, 5.74) is 11.5. The van der Waals surface area contributed by atoms with Crippen molar-refractivity contribution in [1.82, 2.24) is 9.55 Å². The molecule has 4 heterocycles. The molecular formula is C16H23F2N4O9P2+. The van der Waals surface area contributed by atoms with Gasteiger partial charge < -0.3 is 30.4 Å². The maximum absolute atomic E-state index is 15.4. The highest BCUT2D eigenvalue weighted by Gasteiger charge is 2.54. The Morgan fingerprint density at radius 2 is 2.00 bits per heavy atom. The zero-order valence-corrected chi connectivity index (χ0v) is 19.0. The second kappa shape index (κ2) is 9.34. The number of hydrogen-bond donors (Lipinski definition) is 3. The molecule has 10 atom stereocenters. The monoisotopic (exact) mass is 515 g/mol.